The van der Waals surface area contributed by atoms with Gasteiger partial charge in [0, 0.05) is 26.7 Å². The lowest BCUT2D eigenvalue weighted by Gasteiger charge is -2.41. The van der Waals surface area contributed by atoms with Crippen molar-refractivity contribution in [3.05, 3.63) is 0 Å². The lowest BCUT2D eigenvalue weighted by molar-refractivity contribution is -0.154. The Bertz CT molecular complexity index is 285. The first-order chi connectivity index (χ1) is 8.60. The van der Waals surface area contributed by atoms with Crippen molar-refractivity contribution >= 4 is 12.2 Å². The fourth-order valence-corrected chi connectivity index (χ4v) is 2.27. The maximum atomic E-state index is 11.5. The fraction of sp³-hybridized carbons (Fsp3) is 0.833. The monoisotopic (exact) mass is 256 g/mol. The first kappa shape index (κ1) is 15.1. The van der Waals surface area contributed by atoms with Crippen molar-refractivity contribution in [1.82, 2.24) is 20.5 Å². The molecule has 6 heteroatoms. The Kier molecular flexibility index (Phi) is 6.24. The van der Waals surface area contributed by atoms with Crippen LogP contribution in [0.2, 0.25) is 0 Å². The Hall–Kier alpha value is -0.980. The third-order valence-corrected chi connectivity index (χ3v) is 3.41. The van der Waals surface area contributed by atoms with Crippen LogP contribution >= 0.6 is 0 Å². The van der Waals surface area contributed by atoms with Crippen LogP contribution in [-0.4, -0.2) is 67.0 Å². The highest BCUT2D eigenvalue weighted by Gasteiger charge is 2.30. The van der Waals surface area contributed by atoms with Crippen molar-refractivity contribution in [2.45, 2.75) is 32.2 Å². The summed E-state index contributed by atoms with van der Waals surface area (Å²) in [5.41, 5.74) is 3.03. The predicted octanol–water partition coefficient (Wildman–Crippen LogP) is -0.130. The number of nitrogens with zero attached hydrogens (tertiary/aromatic N) is 3. The van der Waals surface area contributed by atoms with E-state index in [1.165, 1.54) is 0 Å². The SMILES string of the molecule is CNN(C)CCCN1CCCC(C(C)=O)N1C=O. The summed E-state index contributed by atoms with van der Waals surface area (Å²) >= 11 is 0. The van der Waals surface area contributed by atoms with Gasteiger partial charge in [-0.2, -0.15) is 0 Å². The summed E-state index contributed by atoms with van der Waals surface area (Å²) in [7, 11) is 3.86. The highest BCUT2D eigenvalue weighted by Crippen LogP contribution is 2.17. The van der Waals surface area contributed by atoms with E-state index in [2.05, 4.69) is 5.43 Å². The Morgan fingerprint density at radius 3 is 2.83 bits per heavy atom. The molecule has 0 spiro atoms. The molecule has 1 saturated heterocycles. The number of ketones is 1. The van der Waals surface area contributed by atoms with Gasteiger partial charge in [-0.15, -0.1) is 0 Å². The number of nitrogens with one attached hydrogen (secondary N) is 1. The molecule has 0 aromatic rings. The zero-order valence-electron chi connectivity index (χ0n) is 11.6. The first-order valence-electron chi connectivity index (χ1n) is 6.47. The van der Waals surface area contributed by atoms with E-state index in [9.17, 15) is 9.59 Å². The third-order valence-electron chi connectivity index (χ3n) is 3.41. The van der Waals surface area contributed by atoms with E-state index < -0.39 is 0 Å². The molecule has 1 N–H and O–H groups in total. The number of hydrazine groups is 2. The third kappa shape index (κ3) is 4.04. The van der Waals surface area contributed by atoms with Crippen molar-refractivity contribution < 1.29 is 9.59 Å². The average Bonchev–Trinajstić information content (AvgIpc) is 2.37. The molecule has 0 aromatic carbocycles. The number of hydrogen-bond acceptors (Lipinski definition) is 5. The van der Waals surface area contributed by atoms with Crippen LogP contribution in [0.15, 0.2) is 0 Å². The summed E-state index contributed by atoms with van der Waals surface area (Å²) in [6.07, 6.45) is 3.48. The molecule has 0 aliphatic carbocycles. The van der Waals surface area contributed by atoms with Crippen LogP contribution in [0.5, 0.6) is 0 Å². The molecule has 1 atom stereocenters. The molecule has 0 bridgehead atoms. The minimum atomic E-state index is -0.265. The quantitative estimate of drug-likeness (QED) is 0.508. The topological polar surface area (TPSA) is 55.9 Å². The van der Waals surface area contributed by atoms with Gasteiger partial charge in [0.25, 0.3) is 0 Å². The molecule has 1 aliphatic heterocycles. The van der Waals surface area contributed by atoms with Gasteiger partial charge in [-0.1, -0.05) is 0 Å². The number of Topliss-reactive ketones (excluding diaryl/α,β-unsaturated/α-hetero) is 1. The summed E-state index contributed by atoms with van der Waals surface area (Å²) in [6.45, 7) is 4.12. The van der Waals surface area contributed by atoms with Crippen LogP contribution in [0.1, 0.15) is 26.2 Å². The minimum Gasteiger partial charge on any atom is -0.298 e. The van der Waals surface area contributed by atoms with E-state index >= 15 is 0 Å². The number of hydrogen-bond donors (Lipinski definition) is 1. The van der Waals surface area contributed by atoms with Gasteiger partial charge >= 0.3 is 0 Å². The summed E-state index contributed by atoms with van der Waals surface area (Å²) < 4.78 is 0. The van der Waals surface area contributed by atoms with Gasteiger partial charge < -0.3 is 0 Å². The van der Waals surface area contributed by atoms with E-state index in [-0.39, 0.29) is 11.8 Å². The molecular weight excluding hydrogens is 232 g/mol. The van der Waals surface area contributed by atoms with Crippen molar-refractivity contribution in [3.63, 3.8) is 0 Å². The Labute approximate surface area is 109 Å². The van der Waals surface area contributed by atoms with Crippen LogP contribution in [0.4, 0.5) is 0 Å². The maximum absolute atomic E-state index is 11.5. The first-order valence-corrected chi connectivity index (χ1v) is 6.47. The van der Waals surface area contributed by atoms with Crippen LogP contribution in [0.25, 0.3) is 0 Å². The molecule has 6 nitrogen and oxygen atoms in total. The largest absolute Gasteiger partial charge is 0.298 e. The number of carbonyl (C=O) groups is 2. The highest BCUT2D eigenvalue weighted by atomic mass is 16.2. The molecule has 1 rings (SSSR count). The van der Waals surface area contributed by atoms with Crippen molar-refractivity contribution in [2.75, 3.05) is 33.7 Å². The zero-order valence-corrected chi connectivity index (χ0v) is 11.6. The summed E-state index contributed by atoms with van der Waals surface area (Å²) in [4.78, 5) is 22.6. The van der Waals surface area contributed by atoms with E-state index in [0.29, 0.717) is 0 Å². The van der Waals surface area contributed by atoms with Gasteiger partial charge in [-0.05, 0) is 33.2 Å². The number of carbonyl (C=O) groups excluding carboxylic acids is 2. The van der Waals surface area contributed by atoms with Gasteiger partial charge in [-0.25, -0.2) is 10.0 Å². The predicted molar refractivity (Wildman–Crippen MR) is 69.5 cm³/mol. The maximum Gasteiger partial charge on any atom is 0.224 e. The molecule has 104 valence electrons. The summed E-state index contributed by atoms with van der Waals surface area (Å²) in [5, 5.41) is 5.56. The Morgan fingerprint density at radius 2 is 2.28 bits per heavy atom. The van der Waals surface area contributed by atoms with E-state index in [1.807, 2.05) is 24.1 Å². The molecule has 1 fully saturated rings. The lowest BCUT2D eigenvalue weighted by atomic mass is 10.0. The van der Waals surface area contributed by atoms with Gasteiger partial charge in [-0.3, -0.25) is 20.0 Å². The van der Waals surface area contributed by atoms with E-state index in [0.717, 1.165) is 45.3 Å². The second-order valence-electron chi connectivity index (χ2n) is 4.71. The van der Waals surface area contributed by atoms with Gasteiger partial charge in [0.2, 0.25) is 6.41 Å². The van der Waals surface area contributed by atoms with Crippen molar-refractivity contribution in [3.8, 4) is 0 Å². The van der Waals surface area contributed by atoms with Crippen LogP contribution in [-0.2, 0) is 9.59 Å². The number of rotatable bonds is 7. The molecule has 0 saturated carbocycles. The molecular formula is C12H24N4O2. The Balaban J connectivity index is 2.47. The molecule has 1 unspecified atom stereocenters. The zero-order chi connectivity index (χ0) is 13.5. The highest BCUT2D eigenvalue weighted by molar-refractivity contribution is 5.83. The molecule has 18 heavy (non-hydrogen) atoms. The summed E-state index contributed by atoms with van der Waals surface area (Å²) in [6, 6.07) is -0.265. The van der Waals surface area contributed by atoms with Crippen molar-refractivity contribution in [2.24, 2.45) is 0 Å². The van der Waals surface area contributed by atoms with Crippen LogP contribution < -0.4 is 5.43 Å². The standard InChI is InChI=1S/C12H24N4O2/c1-11(18)12-6-4-8-15(16(12)10-17)9-5-7-14(3)13-2/h10,12-13H,4-9H2,1-3H3. The molecule has 1 aliphatic rings. The smallest absolute Gasteiger partial charge is 0.224 e. The summed E-state index contributed by atoms with van der Waals surface area (Å²) in [5.74, 6) is 0.0687. The normalized spacial score (nSPS) is 21.3. The molecule has 0 radical (unpaired) electrons. The second-order valence-corrected chi connectivity index (χ2v) is 4.71. The number of amides is 1. The molecule has 1 heterocycles. The lowest BCUT2D eigenvalue weighted by Crippen LogP contribution is -2.55. The molecule has 0 aromatic heterocycles. The van der Waals surface area contributed by atoms with Gasteiger partial charge in [0.1, 0.15) is 6.04 Å². The van der Waals surface area contributed by atoms with Gasteiger partial charge in [0.15, 0.2) is 5.78 Å². The minimum absolute atomic E-state index is 0.0687. The second kappa shape index (κ2) is 7.45. The van der Waals surface area contributed by atoms with E-state index in [1.54, 1.807) is 11.9 Å². The van der Waals surface area contributed by atoms with E-state index in [4.69, 9.17) is 0 Å². The average molecular weight is 256 g/mol. The van der Waals surface area contributed by atoms with Gasteiger partial charge in [0.05, 0.1) is 0 Å². The fourth-order valence-electron chi connectivity index (χ4n) is 2.27. The van der Waals surface area contributed by atoms with Crippen molar-refractivity contribution in [1.29, 1.82) is 0 Å². The van der Waals surface area contributed by atoms with Crippen LogP contribution in [0.3, 0.4) is 0 Å². The van der Waals surface area contributed by atoms with Crippen LogP contribution in [0, 0.1) is 0 Å². The Morgan fingerprint density at radius 1 is 1.56 bits per heavy atom. The molecule has 1 amide bonds.